The third kappa shape index (κ3) is 2.44. The summed E-state index contributed by atoms with van der Waals surface area (Å²) in [7, 11) is 2.29. The van der Waals surface area contributed by atoms with E-state index in [-0.39, 0.29) is 34.6 Å². The van der Waals surface area contributed by atoms with Crippen LogP contribution in [0.4, 0.5) is 0 Å². The van der Waals surface area contributed by atoms with Gasteiger partial charge in [0.25, 0.3) is 0 Å². The lowest BCUT2D eigenvalue weighted by atomic mass is 9.48. The zero-order valence-corrected chi connectivity index (χ0v) is 17.5. The summed E-state index contributed by atoms with van der Waals surface area (Å²) in [5.41, 5.74) is 1.24. The van der Waals surface area contributed by atoms with Gasteiger partial charge in [0.2, 0.25) is 5.78 Å². The van der Waals surface area contributed by atoms with Gasteiger partial charge in [-0.15, -0.1) is 0 Å². The highest BCUT2D eigenvalue weighted by Gasteiger charge is 2.69. The largest absolute Gasteiger partial charge is 1.00 e. The van der Waals surface area contributed by atoms with Crippen LogP contribution in [0.1, 0.15) is 38.5 Å². The number of quaternary nitrogens is 1. The van der Waals surface area contributed by atoms with Crippen molar-refractivity contribution in [2.45, 2.75) is 50.2 Å². The van der Waals surface area contributed by atoms with E-state index in [2.05, 4.69) is 19.7 Å². The summed E-state index contributed by atoms with van der Waals surface area (Å²) in [6, 6.07) is 0.00866. The Labute approximate surface area is 171 Å². The molecule has 3 fully saturated rings. The van der Waals surface area contributed by atoms with E-state index < -0.39 is 11.0 Å². The number of fused-ring (bicyclic) bond motifs is 1. The van der Waals surface area contributed by atoms with Crippen LogP contribution in [0.2, 0.25) is 0 Å². The molecule has 5 heteroatoms. The number of ketones is 1. The Hall–Kier alpha value is -1.17. The van der Waals surface area contributed by atoms with E-state index >= 15 is 0 Å². The molecular weight excluding hydrogens is 406 g/mol. The molecule has 0 radical (unpaired) electrons. The molecule has 1 aliphatic heterocycles. The van der Waals surface area contributed by atoms with Gasteiger partial charge in [0.1, 0.15) is 11.6 Å². The first-order valence-corrected chi connectivity index (χ1v) is 9.91. The molecule has 27 heavy (non-hydrogen) atoms. The third-order valence-electron chi connectivity index (χ3n) is 7.81. The lowest BCUT2D eigenvalue weighted by Crippen LogP contribution is -3.00. The molecule has 0 amide bonds. The summed E-state index contributed by atoms with van der Waals surface area (Å²) in [4.78, 5) is 12.2. The minimum Gasteiger partial charge on any atom is -1.00 e. The van der Waals surface area contributed by atoms with E-state index in [1.54, 1.807) is 0 Å². The quantitative estimate of drug-likeness (QED) is 0.474. The molecule has 4 atom stereocenters. The van der Waals surface area contributed by atoms with Gasteiger partial charge in [-0.3, -0.25) is 4.79 Å². The number of hydrogen-bond acceptors (Lipinski definition) is 3. The monoisotopic (exact) mass is 433 g/mol. The van der Waals surface area contributed by atoms with Crippen molar-refractivity contribution in [1.82, 2.24) is 0 Å². The lowest BCUT2D eigenvalue weighted by Gasteiger charge is -2.65. The van der Waals surface area contributed by atoms with Crippen molar-refractivity contribution in [2.75, 3.05) is 20.1 Å². The van der Waals surface area contributed by atoms with Crippen LogP contribution in [-0.4, -0.2) is 52.3 Å². The van der Waals surface area contributed by atoms with E-state index in [9.17, 15) is 15.0 Å². The highest BCUT2D eigenvalue weighted by Crippen LogP contribution is 2.64. The van der Waals surface area contributed by atoms with Crippen LogP contribution in [0.15, 0.2) is 47.3 Å². The Morgan fingerprint density at radius 1 is 1.30 bits per heavy atom. The van der Waals surface area contributed by atoms with E-state index in [1.807, 2.05) is 6.08 Å². The van der Waals surface area contributed by atoms with E-state index in [4.69, 9.17) is 0 Å². The first-order valence-electron chi connectivity index (χ1n) is 9.91. The van der Waals surface area contributed by atoms with Crippen molar-refractivity contribution in [1.29, 1.82) is 0 Å². The molecule has 5 rings (SSSR count). The molecule has 1 heterocycles. The molecule has 2 saturated carbocycles. The van der Waals surface area contributed by atoms with Gasteiger partial charge in [-0.05, 0) is 49.8 Å². The second-order valence-electron chi connectivity index (χ2n) is 9.50. The first-order chi connectivity index (χ1) is 12.3. The Kier molecular flexibility index (Phi) is 4.20. The number of allylic oxidation sites excluding steroid dienone is 4. The van der Waals surface area contributed by atoms with Crippen LogP contribution >= 0.6 is 0 Å². The molecule has 146 valence electrons. The number of hydrogen-bond donors (Lipinski definition) is 2. The van der Waals surface area contributed by atoms with Gasteiger partial charge >= 0.3 is 0 Å². The highest BCUT2D eigenvalue weighted by atomic mass is 79.9. The molecule has 0 spiro atoms. The fourth-order valence-electron chi connectivity index (χ4n) is 6.35. The second kappa shape index (κ2) is 5.91. The van der Waals surface area contributed by atoms with Crippen molar-refractivity contribution in [3.05, 3.63) is 47.3 Å². The van der Waals surface area contributed by atoms with Gasteiger partial charge in [0, 0.05) is 23.3 Å². The lowest BCUT2D eigenvalue weighted by molar-refractivity contribution is -0.944. The maximum Gasteiger partial charge on any atom is 0.220 e. The van der Waals surface area contributed by atoms with Gasteiger partial charge in [-0.25, -0.2) is 0 Å². The standard InChI is InChI=1S/C22H27NO3.BrH/c1-14-7-8-22(26)18-11-16-5-6-17(24)20(25)19(16)21(22,12-14)9-10-23(18,2)13-15-3-4-15;/h5-6,11,15,18,26H,1,3-4,7-10,12-13H2,2H3;1H/t18-,21-,22-,23?;/m1./s1. The number of halogens is 1. The van der Waals surface area contributed by atoms with E-state index in [0.717, 1.165) is 47.5 Å². The minimum atomic E-state index is -0.922. The molecule has 4 nitrogen and oxygen atoms in total. The molecule has 0 aromatic heterocycles. The topological polar surface area (TPSA) is 57.5 Å². The Morgan fingerprint density at radius 3 is 2.74 bits per heavy atom. The third-order valence-corrected chi connectivity index (χ3v) is 7.81. The van der Waals surface area contributed by atoms with Gasteiger partial charge in [-0.2, -0.15) is 0 Å². The van der Waals surface area contributed by atoms with Crippen molar-refractivity contribution in [2.24, 2.45) is 11.3 Å². The normalized spacial score (nSPS) is 42.9. The van der Waals surface area contributed by atoms with Crippen LogP contribution in [0.25, 0.3) is 0 Å². The molecule has 2 N–H and O–H groups in total. The summed E-state index contributed by atoms with van der Waals surface area (Å²) in [6.45, 7) is 6.29. The molecule has 1 unspecified atom stereocenters. The van der Waals surface area contributed by atoms with Crippen molar-refractivity contribution >= 4 is 5.78 Å². The number of nitrogens with zero attached hydrogens (tertiary/aromatic N) is 1. The number of piperidine rings is 1. The van der Waals surface area contributed by atoms with Gasteiger partial charge in [0.15, 0.2) is 5.76 Å². The molecule has 4 aliphatic carbocycles. The fourth-order valence-corrected chi connectivity index (χ4v) is 6.35. The maximum absolute atomic E-state index is 12.2. The summed E-state index contributed by atoms with van der Waals surface area (Å²) in [6.07, 6.45) is 11.0. The predicted octanol–water partition coefficient (Wildman–Crippen LogP) is -0.0321. The Bertz CT molecular complexity index is 823. The zero-order valence-electron chi connectivity index (χ0n) is 15.9. The van der Waals surface area contributed by atoms with Gasteiger partial charge < -0.3 is 31.7 Å². The number of carbonyl (C=O) groups is 1. The molecule has 0 aromatic carbocycles. The maximum atomic E-state index is 12.2. The summed E-state index contributed by atoms with van der Waals surface area (Å²) < 4.78 is 0.870. The number of carbonyl (C=O) groups excluding carboxylic acids is 1. The predicted molar refractivity (Wildman–Crippen MR) is 99.3 cm³/mol. The second-order valence-corrected chi connectivity index (χ2v) is 9.50. The Morgan fingerprint density at radius 2 is 2.04 bits per heavy atom. The molecule has 5 aliphatic rings. The highest BCUT2D eigenvalue weighted by molar-refractivity contribution is 6.05. The van der Waals surface area contributed by atoms with Crippen molar-refractivity contribution in [3.63, 3.8) is 0 Å². The molecule has 0 aromatic rings. The first kappa shape index (κ1) is 19.2. The minimum absolute atomic E-state index is 0. The number of rotatable bonds is 2. The fraction of sp³-hybridized carbons (Fsp3) is 0.591. The number of aliphatic hydroxyl groups is 2. The van der Waals surface area contributed by atoms with Gasteiger partial charge in [0.05, 0.1) is 20.1 Å². The van der Waals surface area contributed by atoms with Crippen LogP contribution < -0.4 is 17.0 Å². The van der Waals surface area contributed by atoms with Crippen LogP contribution in [0.5, 0.6) is 0 Å². The van der Waals surface area contributed by atoms with E-state index in [0.29, 0.717) is 18.4 Å². The van der Waals surface area contributed by atoms with Crippen molar-refractivity contribution in [3.8, 4) is 0 Å². The molecule has 1 saturated heterocycles. The van der Waals surface area contributed by atoms with Crippen molar-refractivity contribution < 1.29 is 36.5 Å². The summed E-state index contributed by atoms with van der Waals surface area (Å²) in [5.74, 6) is 0.273. The average molecular weight is 434 g/mol. The number of aliphatic hydroxyl groups excluding tert-OH is 1. The number of likely N-dealkylation sites (N-methyl/N-ethyl adjacent to an activating group) is 1. The summed E-state index contributed by atoms with van der Waals surface area (Å²) >= 11 is 0. The van der Waals surface area contributed by atoms with Crippen LogP contribution in [0, 0.1) is 11.3 Å². The van der Waals surface area contributed by atoms with Gasteiger partial charge in [-0.1, -0.05) is 18.2 Å². The zero-order chi connectivity index (χ0) is 18.3. The Balaban J connectivity index is 0.00000180. The molecular formula is C22H28BrNO3. The van der Waals surface area contributed by atoms with Crippen LogP contribution in [0.3, 0.4) is 0 Å². The van der Waals surface area contributed by atoms with Crippen LogP contribution in [-0.2, 0) is 4.79 Å². The summed E-state index contributed by atoms with van der Waals surface area (Å²) in [5, 5.41) is 22.8. The SMILES string of the molecule is C=C1CC[C@@]2(O)[C@H]3C=C4C=CC(=O)C(O)=C4[C@@]2(CC[N+]3(C)CC2CC2)C1.[Br-]. The van der Waals surface area contributed by atoms with E-state index in [1.165, 1.54) is 18.9 Å². The molecule has 2 bridgehead atoms. The number of likely N-dealkylation sites (tertiary alicyclic amines) is 1. The smallest absolute Gasteiger partial charge is 0.220 e. The average Bonchev–Trinajstić information content (AvgIpc) is 3.39.